The molecule has 6 heteroatoms. The summed E-state index contributed by atoms with van der Waals surface area (Å²) in [5.74, 6) is -0.0316. The maximum Gasteiger partial charge on any atom is 0.305 e. The number of amides is 1. The number of unbranched alkanes of at least 4 members (excludes halogenated alkanes) is 68. The summed E-state index contributed by atoms with van der Waals surface area (Å²) in [7, 11) is 0. The molecular formula is C83H163NO5. The van der Waals surface area contributed by atoms with E-state index in [4.69, 9.17) is 4.74 Å². The second-order valence-corrected chi connectivity index (χ2v) is 28.8. The van der Waals surface area contributed by atoms with Crippen LogP contribution in [0.2, 0.25) is 0 Å². The summed E-state index contributed by atoms with van der Waals surface area (Å²) >= 11 is 0. The zero-order chi connectivity index (χ0) is 64.2. The van der Waals surface area contributed by atoms with Crippen LogP contribution in [0.3, 0.4) is 0 Å². The molecule has 0 aliphatic heterocycles. The second-order valence-electron chi connectivity index (χ2n) is 28.8. The molecule has 530 valence electrons. The maximum atomic E-state index is 12.6. The normalized spacial score (nSPS) is 12.4. The van der Waals surface area contributed by atoms with E-state index in [0.717, 1.165) is 38.5 Å². The van der Waals surface area contributed by atoms with Gasteiger partial charge in [0.15, 0.2) is 0 Å². The first-order valence-electron chi connectivity index (χ1n) is 41.5. The molecule has 0 aromatic carbocycles. The number of ether oxygens (including phenoxy) is 1. The topological polar surface area (TPSA) is 95.9 Å². The number of hydrogen-bond donors (Lipinski definition) is 3. The molecule has 0 aromatic heterocycles. The van der Waals surface area contributed by atoms with Gasteiger partial charge in [-0.25, -0.2) is 0 Å². The number of hydrogen-bond acceptors (Lipinski definition) is 5. The van der Waals surface area contributed by atoms with E-state index in [1.54, 1.807) is 6.08 Å². The fourth-order valence-corrected chi connectivity index (χ4v) is 13.5. The van der Waals surface area contributed by atoms with E-state index in [2.05, 4.69) is 19.2 Å². The van der Waals surface area contributed by atoms with E-state index < -0.39 is 12.1 Å². The number of nitrogens with one attached hydrogen (secondary N) is 1. The molecule has 0 saturated heterocycles. The van der Waals surface area contributed by atoms with Gasteiger partial charge in [-0.1, -0.05) is 450 Å². The van der Waals surface area contributed by atoms with Crippen molar-refractivity contribution in [2.24, 2.45) is 0 Å². The van der Waals surface area contributed by atoms with Gasteiger partial charge in [0, 0.05) is 12.8 Å². The van der Waals surface area contributed by atoms with Gasteiger partial charge in [0.1, 0.15) is 0 Å². The molecule has 2 unspecified atom stereocenters. The molecule has 0 aromatic rings. The van der Waals surface area contributed by atoms with Crippen molar-refractivity contribution < 1.29 is 24.5 Å². The molecule has 0 bridgehead atoms. The summed E-state index contributed by atoms with van der Waals surface area (Å²) in [5, 5.41) is 23.3. The Morgan fingerprint density at radius 3 is 0.764 bits per heavy atom. The third-order valence-electron chi connectivity index (χ3n) is 19.8. The smallest absolute Gasteiger partial charge is 0.305 e. The van der Waals surface area contributed by atoms with Gasteiger partial charge in [-0.3, -0.25) is 9.59 Å². The van der Waals surface area contributed by atoms with Gasteiger partial charge in [0.05, 0.1) is 25.4 Å². The number of carbonyl (C=O) groups excluding carboxylic acids is 2. The van der Waals surface area contributed by atoms with Gasteiger partial charge in [-0.2, -0.15) is 0 Å². The minimum absolute atomic E-state index is 0.0247. The van der Waals surface area contributed by atoms with Crippen molar-refractivity contribution in [2.75, 3.05) is 13.2 Å². The van der Waals surface area contributed by atoms with Crippen LogP contribution in [0.4, 0.5) is 0 Å². The quantitative estimate of drug-likeness (QED) is 0.0320. The van der Waals surface area contributed by atoms with Gasteiger partial charge < -0.3 is 20.3 Å². The van der Waals surface area contributed by atoms with Gasteiger partial charge in [0.25, 0.3) is 0 Å². The molecule has 0 radical (unpaired) electrons. The first-order valence-corrected chi connectivity index (χ1v) is 41.5. The maximum absolute atomic E-state index is 12.6. The van der Waals surface area contributed by atoms with Crippen LogP contribution in [0.1, 0.15) is 483 Å². The lowest BCUT2D eigenvalue weighted by atomic mass is 10.0. The molecule has 0 fully saturated rings. The van der Waals surface area contributed by atoms with Crippen LogP contribution in [0.15, 0.2) is 12.2 Å². The molecule has 0 heterocycles. The third-order valence-corrected chi connectivity index (χ3v) is 19.8. The van der Waals surface area contributed by atoms with E-state index in [1.165, 1.54) is 417 Å². The molecule has 2 atom stereocenters. The van der Waals surface area contributed by atoms with Crippen molar-refractivity contribution in [3.8, 4) is 0 Å². The average molecular weight is 1260 g/mol. The fourth-order valence-electron chi connectivity index (χ4n) is 13.5. The molecule has 0 aliphatic carbocycles. The number of carbonyl (C=O) groups is 2. The molecule has 1 amide bonds. The first kappa shape index (κ1) is 87.6. The minimum Gasteiger partial charge on any atom is -0.466 e. The standard InChI is InChI=1S/C83H163NO5/c1-3-5-7-9-11-13-15-16-17-18-19-20-40-43-46-49-52-56-59-63-67-71-75-81(86)80(79-85)84-82(87)76-72-68-64-60-57-53-50-47-44-41-38-36-34-32-30-28-26-24-22-21-23-25-27-29-31-33-35-37-39-42-45-48-51-54-58-62-66-70-74-78-89-83(88)77-73-69-65-61-55-14-12-10-8-6-4-2/h71,75,80-81,85-86H,3-70,72-74,76-79H2,1-2H3,(H,84,87)/b75-71+. The molecule has 6 nitrogen and oxygen atoms in total. The van der Waals surface area contributed by atoms with Crippen LogP contribution < -0.4 is 5.32 Å². The number of esters is 1. The van der Waals surface area contributed by atoms with Gasteiger partial charge >= 0.3 is 5.97 Å². The second kappa shape index (κ2) is 79.0. The van der Waals surface area contributed by atoms with Crippen molar-refractivity contribution in [3.63, 3.8) is 0 Å². The molecule has 0 rings (SSSR count). The Labute approximate surface area is 559 Å². The Morgan fingerprint density at radius 2 is 0.517 bits per heavy atom. The Kier molecular flexibility index (Phi) is 77.8. The zero-order valence-electron chi connectivity index (χ0n) is 61.0. The van der Waals surface area contributed by atoms with Crippen LogP contribution >= 0.6 is 0 Å². The van der Waals surface area contributed by atoms with Crippen LogP contribution in [-0.4, -0.2) is 47.4 Å². The van der Waals surface area contributed by atoms with Crippen LogP contribution in [0, 0.1) is 0 Å². The fraction of sp³-hybridized carbons (Fsp3) is 0.952. The predicted octanol–water partition coefficient (Wildman–Crippen LogP) is 27.4. The third kappa shape index (κ3) is 75.5. The van der Waals surface area contributed by atoms with E-state index in [-0.39, 0.29) is 18.5 Å². The SMILES string of the molecule is CCCCCCCCCCCCCCCCCCCCCC/C=C/C(O)C(CO)NC(=O)CCCCCCCCCCCCCCCCCCCCCCCCCCCCCCCCCCCCCCCCCOC(=O)CCCCCCCCCCCCC. The van der Waals surface area contributed by atoms with Gasteiger partial charge in [0.2, 0.25) is 5.91 Å². The van der Waals surface area contributed by atoms with Crippen molar-refractivity contribution in [3.05, 3.63) is 12.2 Å². The highest BCUT2D eigenvalue weighted by Gasteiger charge is 2.18. The predicted molar refractivity (Wildman–Crippen MR) is 394 cm³/mol. The van der Waals surface area contributed by atoms with Crippen molar-refractivity contribution >= 4 is 11.9 Å². The van der Waals surface area contributed by atoms with Crippen LogP contribution in [0.25, 0.3) is 0 Å². The van der Waals surface area contributed by atoms with Gasteiger partial charge in [-0.15, -0.1) is 0 Å². The number of aliphatic hydroxyl groups is 2. The van der Waals surface area contributed by atoms with Gasteiger partial charge in [-0.05, 0) is 32.1 Å². The summed E-state index contributed by atoms with van der Waals surface area (Å²) in [5.41, 5.74) is 0. The number of allylic oxidation sites excluding steroid dienone is 1. The highest BCUT2D eigenvalue weighted by molar-refractivity contribution is 5.76. The molecule has 89 heavy (non-hydrogen) atoms. The summed E-state index contributed by atoms with van der Waals surface area (Å²) in [4.78, 5) is 24.6. The van der Waals surface area contributed by atoms with Crippen molar-refractivity contribution in [2.45, 2.75) is 495 Å². The summed E-state index contributed by atoms with van der Waals surface area (Å²) in [6, 6.07) is -0.624. The Morgan fingerprint density at radius 1 is 0.303 bits per heavy atom. The highest BCUT2D eigenvalue weighted by Crippen LogP contribution is 2.21. The number of aliphatic hydroxyl groups excluding tert-OH is 2. The zero-order valence-corrected chi connectivity index (χ0v) is 61.0. The summed E-state index contributed by atoms with van der Waals surface area (Å²) < 4.78 is 5.49. The Hall–Kier alpha value is -1.40. The van der Waals surface area contributed by atoms with Crippen molar-refractivity contribution in [1.29, 1.82) is 0 Å². The summed E-state index contributed by atoms with van der Waals surface area (Å²) in [6.07, 6.45) is 101. The first-order chi connectivity index (χ1) is 44.0. The molecule has 0 saturated carbocycles. The van der Waals surface area contributed by atoms with Crippen LogP contribution in [0.5, 0.6) is 0 Å². The molecule has 0 aliphatic rings. The average Bonchev–Trinajstić information content (AvgIpc) is 3.67. The Balaban J connectivity index is 3.32. The van der Waals surface area contributed by atoms with E-state index in [0.29, 0.717) is 19.4 Å². The Bertz CT molecular complexity index is 1350. The number of rotatable bonds is 79. The molecule has 3 N–H and O–H groups in total. The highest BCUT2D eigenvalue weighted by atomic mass is 16.5. The monoisotopic (exact) mass is 1250 g/mol. The molecular weight excluding hydrogens is 1090 g/mol. The van der Waals surface area contributed by atoms with E-state index in [1.807, 2.05) is 6.08 Å². The summed E-state index contributed by atoms with van der Waals surface area (Å²) in [6.45, 7) is 4.96. The van der Waals surface area contributed by atoms with Crippen molar-refractivity contribution in [1.82, 2.24) is 5.32 Å². The van der Waals surface area contributed by atoms with E-state index in [9.17, 15) is 19.8 Å². The van der Waals surface area contributed by atoms with Crippen LogP contribution in [-0.2, 0) is 14.3 Å². The lowest BCUT2D eigenvalue weighted by Gasteiger charge is -2.20. The lowest BCUT2D eigenvalue weighted by Crippen LogP contribution is -2.45. The molecule has 0 spiro atoms. The minimum atomic E-state index is -0.841. The van der Waals surface area contributed by atoms with E-state index >= 15 is 0 Å². The lowest BCUT2D eigenvalue weighted by molar-refractivity contribution is -0.143. The largest absolute Gasteiger partial charge is 0.466 e.